The Bertz CT molecular complexity index is 728. The van der Waals surface area contributed by atoms with Gasteiger partial charge >= 0.3 is 0 Å². The zero-order chi connectivity index (χ0) is 14.2. The molecule has 2 aromatic rings. The molecule has 0 saturated carbocycles. The Balaban J connectivity index is 2.07. The first kappa shape index (κ1) is 13.3. The topological polar surface area (TPSA) is 46.6 Å². The minimum Gasteiger partial charge on any atom is -0.489 e. The minimum absolute atomic E-state index is 0.221. The van der Waals surface area contributed by atoms with Crippen LogP contribution in [0.1, 0.15) is 0 Å². The summed E-state index contributed by atoms with van der Waals surface area (Å²) < 4.78 is 32.2. The molecule has 20 heavy (non-hydrogen) atoms. The lowest BCUT2D eigenvalue weighted by Gasteiger charge is -2.30. The monoisotopic (exact) mass is 309 g/mol. The van der Waals surface area contributed by atoms with Crippen LogP contribution >= 0.6 is 11.6 Å². The first-order valence-electron chi connectivity index (χ1n) is 6.09. The summed E-state index contributed by atoms with van der Waals surface area (Å²) >= 11 is 5.80. The number of ether oxygens (including phenoxy) is 1. The average molecular weight is 310 g/mol. The molecule has 4 nitrogen and oxygen atoms in total. The van der Waals surface area contributed by atoms with Crippen molar-refractivity contribution in [1.29, 1.82) is 0 Å². The minimum atomic E-state index is -3.60. The van der Waals surface area contributed by atoms with Crippen LogP contribution in [-0.4, -0.2) is 21.6 Å². The van der Waals surface area contributed by atoms with Gasteiger partial charge in [-0.05, 0) is 36.4 Å². The zero-order valence-electron chi connectivity index (χ0n) is 10.5. The number of para-hydroxylation sites is 2. The summed E-state index contributed by atoms with van der Waals surface area (Å²) in [5, 5.41) is 0.506. The molecule has 0 fully saturated rings. The van der Waals surface area contributed by atoms with Gasteiger partial charge in [-0.25, -0.2) is 8.42 Å². The van der Waals surface area contributed by atoms with E-state index in [0.717, 1.165) is 0 Å². The highest BCUT2D eigenvalue weighted by atomic mass is 35.5. The molecule has 6 heteroatoms. The quantitative estimate of drug-likeness (QED) is 0.857. The van der Waals surface area contributed by atoms with Crippen molar-refractivity contribution < 1.29 is 13.2 Å². The number of anilines is 1. The van der Waals surface area contributed by atoms with Gasteiger partial charge < -0.3 is 4.74 Å². The summed E-state index contributed by atoms with van der Waals surface area (Å²) in [6, 6.07) is 13.3. The average Bonchev–Trinajstić information content (AvgIpc) is 2.47. The van der Waals surface area contributed by atoms with Crippen LogP contribution in [0, 0.1) is 0 Å². The van der Waals surface area contributed by atoms with E-state index in [0.29, 0.717) is 29.6 Å². The van der Waals surface area contributed by atoms with Gasteiger partial charge in [0.25, 0.3) is 10.0 Å². The summed E-state index contributed by atoms with van der Waals surface area (Å²) in [5.41, 5.74) is 0.564. The molecule has 0 bridgehead atoms. The Kier molecular flexibility index (Phi) is 3.31. The van der Waals surface area contributed by atoms with Gasteiger partial charge in [-0.15, -0.1) is 0 Å². The largest absolute Gasteiger partial charge is 0.489 e. The van der Waals surface area contributed by atoms with Crippen molar-refractivity contribution in [3.63, 3.8) is 0 Å². The molecule has 0 amide bonds. The van der Waals surface area contributed by atoms with Crippen molar-refractivity contribution in [1.82, 2.24) is 0 Å². The Hall–Kier alpha value is -1.72. The van der Waals surface area contributed by atoms with Crippen molar-refractivity contribution in [2.45, 2.75) is 4.90 Å². The summed E-state index contributed by atoms with van der Waals surface area (Å²) in [6.07, 6.45) is 0. The molecule has 0 atom stereocenters. The number of rotatable bonds is 2. The van der Waals surface area contributed by atoms with E-state index in [9.17, 15) is 8.42 Å². The lowest BCUT2D eigenvalue weighted by atomic mass is 10.2. The molecule has 0 radical (unpaired) electrons. The van der Waals surface area contributed by atoms with Crippen LogP contribution in [-0.2, 0) is 10.0 Å². The van der Waals surface area contributed by atoms with Crippen LogP contribution in [0.25, 0.3) is 0 Å². The fourth-order valence-corrected chi connectivity index (χ4v) is 3.71. The van der Waals surface area contributed by atoms with E-state index in [1.807, 2.05) is 6.07 Å². The molecule has 0 aromatic heterocycles. The van der Waals surface area contributed by atoms with Crippen molar-refractivity contribution in [2.75, 3.05) is 17.5 Å². The maximum absolute atomic E-state index is 12.7. The molecule has 0 unspecified atom stereocenters. The smallest absolute Gasteiger partial charge is 0.264 e. The molecule has 0 spiro atoms. The molecule has 2 aromatic carbocycles. The van der Waals surface area contributed by atoms with Gasteiger partial charge in [-0.3, -0.25) is 4.31 Å². The van der Waals surface area contributed by atoms with E-state index >= 15 is 0 Å². The molecule has 0 aliphatic carbocycles. The van der Waals surface area contributed by atoms with Gasteiger partial charge in [-0.2, -0.15) is 0 Å². The number of sulfonamides is 1. The molecule has 3 rings (SSSR count). The Morgan fingerprint density at radius 1 is 1.05 bits per heavy atom. The number of hydrogen-bond acceptors (Lipinski definition) is 3. The summed E-state index contributed by atoms with van der Waals surface area (Å²) in [7, 11) is -3.60. The summed E-state index contributed by atoms with van der Waals surface area (Å²) in [6.45, 7) is 0.631. The molecule has 104 valence electrons. The van der Waals surface area contributed by atoms with Gasteiger partial charge in [0, 0.05) is 5.02 Å². The Morgan fingerprint density at radius 2 is 1.75 bits per heavy atom. The van der Waals surface area contributed by atoms with E-state index in [4.69, 9.17) is 16.3 Å². The highest BCUT2D eigenvalue weighted by Gasteiger charge is 2.29. The van der Waals surface area contributed by atoms with Crippen LogP contribution < -0.4 is 9.04 Å². The summed E-state index contributed by atoms with van der Waals surface area (Å²) in [5.74, 6) is 0.580. The SMILES string of the molecule is O=S(=O)(c1ccc(Cl)cc1)N1CCOc2ccccc21. The second kappa shape index (κ2) is 5.00. The predicted octanol–water partition coefficient (Wildman–Crippen LogP) is 2.93. The van der Waals surface area contributed by atoms with E-state index in [1.54, 1.807) is 30.3 Å². The molecule has 0 N–H and O–H groups in total. The molecule has 1 aliphatic rings. The third kappa shape index (κ3) is 2.23. The van der Waals surface area contributed by atoms with Crippen molar-refractivity contribution in [3.8, 4) is 5.75 Å². The molecule has 1 aliphatic heterocycles. The van der Waals surface area contributed by atoms with E-state index in [2.05, 4.69) is 0 Å². The number of fused-ring (bicyclic) bond motifs is 1. The maximum atomic E-state index is 12.7. The van der Waals surface area contributed by atoms with Crippen LogP contribution in [0.4, 0.5) is 5.69 Å². The highest BCUT2D eigenvalue weighted by molar-refractivity contribution is 7.92. The lowest BCUT2D eigenvalue weighted by molar-refractivity contribution is 0.316. The van der Waals surface area contributed by atoms with Crippen molar-refractivity contribution in [3.05, 3.63) is 53.6 Å². The standard InChI is InChI=1S/C14H12ClNO3S/c15-11-5-7-12(8-6-11)20(17,18)16-9-10-19-14-4-2-1-3-13(14)16/h1-8H,9-10H2. The number of nitrogens with zero attached hydrogens (tertiary/aromatic N) is 1. The first-order valence-corrected chi connectivity index (χ1v) is 7.91. The normalized spacial score (nSPS) is 14.6. The fraction of sp³-hybridized carbons (Fsp3) is 0.143. The van der Waals surface area contributed by atoms with Crippen LogP contribution in [0.2, 0.25) is 5.02 Å². The van der Waals surface area contributed by atoms with Crippen LogP contribution in [0.5, 0.6) is 5.75 Å². The van der Waals surface area contributed by atoms with Gasteiger partial charge in [0.2, 0.25) is 0 Å². The van der Waals surface area contributed by atoms with Gasteiger partial charge in [0.1, 0.15) is 12.4 Å². The van der Waals surface area contributed by atoms with E-state index < -0.39 is 10.0 Å². The fourth-order valence-electron chi connectivity index (χ4n) is 2.13. The van der Waals surface area contributed by atoms with E-state index in [-0.39, 0.29) is 4.90 Å². The number of halogens is 1. The molecule has 0 saturated heterocycles. The van der Waals surface area contributed by atoms with Gasteiger partial charge in [0.05, 0.1) is 17.1 Å². The zero-order valence-corrected chi connectivity index (χ0v) is 12.1. The molecular weight excluding hydrogens is 298 g/mol. The van der Waals surface area contributed by atoms with Crippen molar-refractivity contribution >= 4 is 27.3 Å². The van der Waals surface area contributed by atoms with E-state index in [1.165, 1.54) is 16.4 Å². The number of hydrogen-bond donors (Lipinski definition) is 0. The second-order valence-corrected chi connectivity index (χ2v) is 6.65. The Morgan fingerprint density at radius 3 is 2.50 bits per heavy atom. The predicted molar refractivity (Wildman–Crippen MR) is 77.9 cm³/mol. The highest BCUT2D eigenvalue weighted by Crippen LogP contribution is 2.34. The third-order valence-corrected chi connectivity index (χ3v) is 5.17. The second-order valence-electron chi connectivity index (χ2n) is 4.35. The molecule has 1 heterocycles. The Labute approximate surface area is 122 Å². The number of benzene rings is 2. The van der Waals surface area contributed by atoms with Gasteiger partial charge in [-0.1, -0.05) is 23.7 Å². The third-order valence-electron chi connectivity index (χ3n) is 3.09. The van der Waals surface area contributed by atoms with Crippen LogP contribution in [0.3, 0.4) is 0 Å². The van der Waals surface area contributed by atoms with Crippen LogP contribution in [0.15, 0.2) is 53.4 Å². The first-order chi connectivity index (χ1) is 9.59. The maximum Gasteiger partial charge on any atom is 0.264 e. The molecular formula is C14H12ClNO3S. The van der Waals surface area contributed by atoms with Crippen molar-refractivity contribution in [2.24, 2.45) is 0 Å². The lowest BCUT2D eigenvalue weighted by Crippen LogP contribution is -2.37. The summed E-state index contributed by atoms with van der Waals surface area (Å²) in [4.78, 5) is 0.221. The van der Waals surface area contributed by atoms with Gasteiger partial charge in [0.15, 0.2) is 0 Å².